The summed E-state index contributed by atoms with van der Waals surface area (Å²) in [6.07, 6.45) is 9.54. The molecule has 2 nitrogen and oxygen atoms in total. The lowest BCUT2D eigenvalue weighted by Gasteiger charge is -2.33. The van der Waals surface area contributed by atoms with E-state index >= 15 is 0 Å². The van der Waals surface area contributed by atoms with E-state index in [1.807, 2.05) is 0 Å². The van der Waals surface area contributed by atoms with Crippen LogP contribution in [-0.2, 0) is 0 Å². The van der Waals surface area contributed by atoms with Gasteiger partial charge in [-0.05, 0) is 62.4 Å². The van der Waals surface area contributed by atoms with Gasteiger partial charge >= 0.3 is 0 Å². The minimum atomic E-state index is 0.468. The molecule has 2 rings (SSSR count). The zero-order valence-electron chi connectivity index (χ0n) is 13.3. The van der Waals surface area contributed by atoms with E-state index in [4.69, 9.17) is 5.73 Å². The molecule has 2 aliphatic rings. The predicted molar refractivity (Wildman–Crippen MR) is 83.2 cm³/mol. The Balaban J connectivity index is 1.82. The second-order valence-corrected chi connectivity index (χ2v) is 8.00. The summed E-state index contributed by atoms with van der Waals surface area (Å²) >= 11 is 0. The van der Waals surface area contributed by atoms with Crippen LogP contribution in [0.4, 0.5) is 0 Å². The van der Waals surface area contributed by atoms with Crippen molar-refractivity contribution in [3.05, 3.63) is 0 Å². The maximum absolute atomic E-state index is 6.31. The van der Waals surface area contributed by atoms with Gasteiger partial charge in [-0.15, -0.1) is 0 Å². The molecule has 0 amide bonds. The van der Waals surface area contributed by atoms with E-state index in [1.165, 1.54) is 64.6 Å². The van der Waals surface area contributed by atoms with Crippen molar-refractivity contribution in [1.29, 1.82) is 0 Å². The molecule has 1 saturated carbocycles. The minimum absolute atomic E-state index is 0.468. The zero-order chi connectivity index (χ0) is 13.9. The van der Waals surface area contributed by atoms with E-state index in [9.17, 15) is 0 Å². The molecule has 1 heterocycles. The van der Waals surface area contributed by atoms with Crippen molar-refractivity contribution >= 4 is 0 Å². The fourth-order valence-corrected chi connectivity index (χ4v) is 4.00. The van der Waals surface area contributed by atoms with Gasteiger partial charge in [-0.25, -0.2) is 0 Å². The van der Waals surface area contributed by atoms with E-state index < -0.39 is 0 Å². The summed E-state index contributed by atoms with van der Waals surface area (Å²) in [7, 11) is 0. The Bertz CT molecular complexity index is 269. The van der Waals surface area contributed by atoms with E-state index in [-0.39, 0.29) is 0 Å². The molecule has 2 heteroatoms. The summed E-state index contributed by atoms with van der Waals surface area (Å²) in [5, 5.41) is 0. The monoisotopic (exact) mass is 266 g/mol. The maximum Gasteiger partial charge on any atom is 0.00793 e. The summed E-state index contributed by atoms with van der Waals surface area (Å²) in [4.78, 5) is 2.71. The van der Waals surface area contributed by atoms with Crippen LogP contribution < -0.4 is 5.73 Å². The highest BCUT2D eigenvalue weighted by Crippen LogP contribution is 2.34. The molecular weight excluding hydrogens is 232 g/mol. The first kappa shape index (κ1) is 15.3. The Labute approximate surface area is 120 Å². The van der Waals surface area contributed by atoms with Gasteiger partial charge in [0.1, 0.15) is 0 Å². The first-order chi connectivity index (χ1) is 8.97. The quantitative estimate of drug-likeness (QED) is 0.826. The van der Waals surface area contributed by atoms with Crippen LogP contribution in [0.15, 0.2) is 0 Å². The molecule has 0 aromatic rings. The highest BCUT2D eigenvalue weighted by atomic mass is 15.1. The highest BCUT2D eigenvalue weighted by Gasteiger charge is 2.29. The van der Waals surface area contributed by atoms with Gasteiger partial charge in [-0.1, -0.05) is 33.6 Å². The third-order valence-corrected chi connectivity index (χ3v) is 5.51. The molecule has 0 aromatic heterocycles. The Hall–Kier alpha value is -0.0800. The van der Waals surface area contributed by atoms with Crippen LogP contribution in [0.5, 0.6) is 0 Å². The predicted octanol–water partition coefficient (Wildman–Crippen LogP) is 3.65. The molecule has 2 fully saturated rings. The first-order valence-corrected chi connectivity index (χ1v) is 8.45. The standard InChI is InChI=1S/C17H34N2/c1-17(2,3)15-8-6-11-19(12-10-15)13-14-7-4-5-9-16(14)18/h14-16H,4-13,18H2,1-3H3. The molecule has 0 spiro atoms. The van der Waals surface area contributed by atoms with Gasteiger partial charge in [0.15, 0.2) is 0 Å². The van der Waals surface area contributed by atoms with Crippen LogP contribution in [0.3, 0.4) is 0 Å². The molecule has 1 saturated heterocycles. The molecule has 3 unspecified atom stereocenters. The number of hydrogen-bond acceptors (Lipinski definition) is 2. The van der Waals surface area contributed by atoms with Crippen molar-refractivity contribution in [2.75, 3.05) is 19.6 Å². The molecule has 112 valence electrons. The van der Waals surface area contributed by atoms with E-state index in [2.05, 4.69) is 25.7 Å². The van der Waals surface area contributed by atoms with Crippen molar-refractivity contribution in [3.8, 4) is 0 Å². The molecule has 19 heavy (non-hydrogen) atoms. The number of rotatable bonds is 2. The molecule has 1 aliphatic heterocycles. The van der Waals surface area contributed by atoms with Gasteiger partial charge in [0.25, 0.3) is 0 Å². The Morgan fingerprint density at radius 1 is 0.947 bits per heavy atom. The summed E-state index contributed by atoms with van der Waals surface area (Å²) < 4.78 is 0. The fraction of sp³-hybridized carbons (Fsp3) is 1.00. The van der Waals surface area contributed by atoms with Crippen LogP contribution in [0.2, 0.25) is 0 Å². The van der Waals surface area contributed by atoms with Crippen molar-refractivity contribution < 1.29 is 0 Å². The molecule has 0 bridgehead atoms. The van der Waals surface area contributed by atoms with Crippen molar-refractivity contribution in [2.45, 2.75) is 71.8 Å². The molecule has 0 aromatic carbocycles. The van der Waals surface area contributed by atoms with Crippen LogP contribution >= 0.6 is 0 Å². The Morgan fingerprint density at radius 3 is 2.37 bits per heavy atom. The summed E-state index contributed by atoms with van der Waals surface area (Å²) in [5.74, 6) is 1.66. The SMILES string of the molecule is CC(C)(C)C1CCCN(CC2CCCCC2N)CC1. The highest BCUT2D eigenvalue weighted by molar-refractivity contribution is 4.83. The summed E-state index contributed by atoms with van der Waals surface area (Å²) in [6, 6.07) is 0.468. The molecule has 2 N–H and O–H groups in total. The Morgan fingerprint density at radius 2 is 1.68 bits per heavy atom. The number of hydrogen-bond donors (Lipinski definition) is 1. The molecule has 1 aliphatic carbocycles. The van der Waals surface area contributed by atoms with Crippen molar-refractivity contribution in [2.24, 2.45) is 23.0 Å². The average molecular weight is 266 g/mol. The van der Waals surface area contributed by atoms with Gasteiger partial charge in [0.05, 0.1) is 0 Å². The number of nitrogens with two attached hydrogens (primary N) is 1. The second kappa shape index (κ2) is 6.58. The van der Waals surface area contributed by atoms with E-state index in [1.54, 1.807) is 0 Å². The van der Waals surface area contributed by atoms with E-state index in [0.717, 1.165) is 11.8 Å². The summed E-state index contributed by atoms with van der Waals surface area (Å²) in [6.45, 7) is 11.1. The summed E-state index contributed by atoms with van der Waals surface area (Å²) in [5.41, 5.74) is 6.79. The lowest BCUT2D eigenvalue weighted by Crippen LogP contribution is -2.41. The first-order valence-electron chi connectivity index (χ1n) is 8.45. The lowest BCUT2D eigenvalue weighted by atomic mass is 9.77. The van der Waals surface area contributed by atoms with Gasteiger partial charge in [-0.3, -0.25) is 0 Å². The average Bonchev–Trinajstić information content (AvgIpc) is 2.57. The number of likely N-dealkylation sites (tertiary alicyclic amines) is 1. The largest absolute Gasteiger partial charge is 0.327 e. The minimum Gasteiger partial charge on any atom is -0.327 e. The molecule has 3 atom stereocenters. The van der Waals surface area contributed by atoms with Crippen molar-refractivity contribution in [3.63, 3.8) is 0 Å². The van der Waals surface area contributed by atoms with Crippen LogP contribution in [0, 0.1) is 17.3 Å². The third-order valence-electron chi connectivity index (χ3n) is 5.51. The fourth-order valence-electron chi connectivity index (χ4n) is 4.00. The maximum atomic E-state index is 6.31. The van der Waals surface area contributed by atoms with Gasteiger partial charge in [0.2, 0.25) is 0 Å². The normalized spacial score (nSPS) is 35.1. The van der Waals surface area contributed by atoms with E-state index in [0.29, 0.717) is 11.5 Å². The zero-order valence-corrected chi connectivity index (χ0v) is 13.3. The second-order valence-electron chi connectivity index (χ2n) is 8.00. The van der Waals surface area contributed by atoms with Crippen LogP contribution in [-0.4, -0.2) is 30.6 Å². The Kier molecular flexibility index (Phi) is 5.30. The lowest BCUT2D eigenvalue weighted by molar-refractivity contribution is 0.176. The topological polar surface area (TPSA) is 29.3 Å². The third kappa shape index (κ3) is 4.46. The van der Waals surface area contributed by atoms with Crippen LogP contribution in [0.1, 0.15) is 65.7 Å². The smallest absolute Gasteiger partial charge is 0.00793 e. The number of nitrogens with zero attached hydrogens (tertiary/aromatic N) is 1. The van der Waals surface area contributed by atoms with Crippen LogP contribution in [0.25, 0.3) is 0 Å². The molecule has 0 radical (unpaired) electrons. The van der Waals surface area contributed by atoms with Crippen molar-refractivity contribution in [1.82, 2.24) is 4.90 Å². The van der Waals surface area contributed by atoms with Gasteiger partial charge in [0, 0.05) is 12.6 Å². The molecular formula is C17H34N2. The van der Waals surface area contributed by atoms with Gasteiger partial charge < -0.3 is 10.6 Å². The van der Waals surface area contributed by atoms with Gasteiger partial charge in [-0.2, -0.15) is 0 Å².